The van der Waals surface area contributed by atoms with Crippen molar-refractivity contribution in [2.24, 2.45) is 0 Å². The number of hydrogen-bond acceptors (Lipinski definition) is 4. The second-order valence-corrected chi connectivity index (χ2v) is 4.70. The molecule has 0 radical (unpaired) electrons. The van der Waals surface area contributed by atoms with Gasteiger partial charge in [0.2, 0.25) is 12.3 Å². The number of rotatable bonds is 9. The Morgan fingerprint density at radius 3 is 2.50 bits per heavy atom. The highest BCUT2D eigenvalue weighted by Crippen LogP contribution is 2.17. The van der Waals surface area contributed by atoms with Crippen molar-refractivity contribution in [1.29, 1.82) is 0 Å². The number of halogens is 2. The lowest BCUT2D eigenvalue weighted by atomic mass is 10.2. The number of amides is 2. The van der Waals surface area contributed by atoms with Crippen molar-refractivity contribution in [3.63, 3.8) is 0 Å². The zero-order chi connectivity index (χ0) is 18.1. The number of benzene rings is 1. The van der Waals surface area contributed by atoms with E-state index in [2.05, 4.69) is 5.32 Å². The first-order valence-corrected chi connectivity index (χ1v) is 7.15. The lowest BCUT2D eigenvalue weighted by Crippen LogP contribution is -2.46. The lowest BCUT2D eigenvalue weighted by Gasteiger charge is -2.14. The molecule has 3 N–H and O–H groups in total. The van der Waals surface area contributed by atoms with Gasteiger partial charge in [0.05, 0.1) is 18.7 Å². The number of para-hydroxylation sites is 1. The van der Waals surface area contributed by atoms with Crippen LogP contribution in [0.3, 0.4) is 0 Å². The summed E-state index contributed by atoms with van der Waals surface area (Å²) in [6, 6.07) is 4.65. The van der Waals surface area contributed by atoms with E-state index in [1.54, 1.807) is 25.1 Å². The number of hydrogen-bond donors (Lipinski definition) is 3. The monoisotopic (exact) mass is 344 g/mol. The number of carbonyl (C=O) groups is 3. The van der Waals surface area contributed by atoms with Crippen LogP contribution < -0.4 is 15.4 Å². The Labute approximate surface area is 137 Å². The molecule has 0 saturated heterocycles. The molecule has 9 heteroatoms. The summed E-state index contributed by atoms with van der Waals surface area (Å²) in [6.07, 6.45) is -3.89. The number of nitrogens with one attached hydrogen (secondary N) is 2. The van der Waals surface area contributed by atoms with E-state index in [0.717, 1.165) is 0 Å². The molecule has 0 aliphatic carbocycles. The predicted octanol–water partition coefficient (Wildman–Crippen LogP) is 1.04. The van der Waals surface area contributed by atoms with Gasteiger partial charge in [0.1, 0.15) is 11.8 Å². The van der Waals surface area contributed by atoms with Crippen LogP contribution >= 0.6 is 0 Å². The van der Waals surface area contributed by atoms with Gasteiger partial charge in [-0.1, -0.05) is 12.1 Å². The minimum absolute atomic E-state index is 0.203. The van der Waals surface area contributed by atoms with Crippen LogP contribution in [0.15, 0.2) is 24.3 Å². The smallest absolute Gasteiger partial charge is 0.326 e. The minimum Gasteiger partial charge on any atom is -0.493 e. The van der Waals surface area contributed by atoms with Crippen LogP contribution in [0.25, 0.3) is 0 Å². The average Bonchev–Trinajstić information content (AvgIpc) is 2.52. The highest BCUT2D eigenvalue weighted by atomic mass is 19.3. The van der Waals surface area contributed by atoms with E-state index in [0.29, 0.717) is 12.4 Å². The van der Waals surface area contributed by atoms with E-state index < -0.39 is 43.2 Å². The largest absolute Gasteiger partial charge is 0.493 e. The highest BCUT2D eigenvalue weighted by molar-refractivity contribution is 5.99. The fourth-order valence-corrected chi connectivity index (χ4v) is 1.84. The average molecular weight is 344 g/mol. The fourth-order valence-electron chi connectivity index (χ4n) is 1.84. The highest BCUT2D eigenvalue weighted by Gasteiger charge is 2.24. The van der Waals surface area contributed by atoms with Crippen molar-refractivity contribution in [2.45, 2.75) is 25.8 Å². The van der Waals surface area contributed by atoms with Crippen LogP contribution in [0.1, 0.15) is 23.7 Å². The van der Waals surface area contributed by atoms with Gasteiger partial charge in [0.25, 0.3) is 5.91 Å². The summed E-state index contributed by atoms with van der Waals surface area (Å²) in [5, 5.41) is 13.0. The Morgan fingerprint density at radius 1 is 1.25 bits per heavy atom. The van der Waals surface area contributed by atoms with Crippen LogP contribution in [0.2, 0.25) is 0 Å². The molecule has 1 aromatic carbocycles. The van der Waals surface area contributed by atoms with E-state index in [4.69, 9.17) is 9.84 Å². The van der Waals surface area contributed by atoms with Crippen molar-refractivity contribution in [3.8, 4) is 5.75 Å². The first-order valence-electron chi connectivity index (χ1n) is 7.15. The summed E-state index contributed by atoms with van der Waals surface area (Å²) in [6.45, 7) is 1.54. The minimum atomic E-state index is -2.88. The first kappa shape index (κ1) is 19.3. The molecule has 0 bridgehead atoms. The van der Waals surface area contributed by atoms with Gasteiger partial charge < -0.3 is 20.5 Å². The Bertz CT molecular complexity index is 595. The zero-order valence-corrected chi connectivity index (χ0v) is 12.9. The molecule has 2 amide bonds. The van der Waals surface area contributed by atoms with Crippen LogP contribution in [-0.4, -0.2) is 48.5 Å². The van der Waals surface area contributed by atoms with Crippen molar-refractivity contribution in [2.75, 3.05) is 13.2 Å². The van der Waals surface area contributed by atoms with Gasteiger partial charge in [-0.3, -0.25) is 9.59 Å². The van der Waals surface area contributed by atoms with Crippen molar-refractivity contribution in [1.82, 2.24) is 10.6 Å². The van der Waals surface area contributed by atoms with E-state index in [9.17, 15) is 23.2 Å². The van der Waals surface area contributed by atoms with Gasteiger partial charge in [0, 0.05) is 6.42 Å². The Balaban J connectivity index is 2.60. The van der Waals surface area contributed by atoms with Gasteiger partial charge in [-0.2, -0.15) is 0 Å². The summed E-state index contributed by atoms with van der Waals surface area (Å²) < 4.78 is 29.8. The van der Waals surface area contributed by atoms with Gasteiger partial charge in [-0.05, 0) is 19.1 Å². The molecule has 0 saturated carbocycles. The summed E-state index contributed by atoms with van der Waals surface area (Å²) in [5.41, 5.74) is 0.203. The molecule has 0 fully saturated rings. The van der Waals surface area contributed by atoms with E-state index in [1.807, 2.05) is 5.32 Å². The van der Waals surface area contributed by atoms with Crippen LogP contribution in [-0.2, 0) is 9.59 Å². The maximum atomic E-state index is 12.2. The normalized spacial score (nSPS) is 11.7. The van der Waals surface area contributed by atoms with E-state index in [1.165, 1.54) is 6.07 Å². The molecule has 7 nitrogen and oxygen atoms in total. The quantitative estimate of drug-likeness (QED) is 0.621. The Hall–Kier alpha value is -2.71. The molecule has 1 rings (SSSR count). The molecular formula is C15H18F2N2O5. The Kier molecular flexibility index (Phi) is 7.60. The van der Waals surface area contributed by atoms with Gasteiger partial charge in [-0.25, -0.2) is 13.6 Å². The molecule has 0 heterocycles. The lowest BCUT2D eigenvalue weighted by molar-refractivity contribution is -0.142. The van der Waals surface area contributed by atoms with Crippen molar-refractivity contribution in [3.05, 3.63) is 29.8 Å². The topological polar surface area (TPSA) is 105 Å². The number of alkyl halides is 2. The Morgan fingerprint density at radius 2 is 1.92 bits per heavy atom. The SMILES string of the molecule is CCOc1ccccc1C(=O)NCC(=O)NC(CC(F)F)C(=O)O. The number of carboxylic acid groups (broad SMARTS) is 1. The van der Waals surface area contributed by atoms with Gasteiger partial charge >= 0.3 is 5.97 Å². The third-order valence-corrected chi connectivity index (χ3v) is 2.89. The second kappa shape index (κ2) is 9.43. The molecule has 0 aromatic heterocycles. The van der Waals surface area contributed by atoms with Gasteiger partial charge in [-0.15, -0.1) is 0 Å². The molecule has 0 spiro atoms. The van der Waals surface area contributed by atoms with Crippen LogP contribution in [0.4, 0.5) is 8.78 Å². The maximum absolute atomic E-state index is 12.2. The fraction of sp³-hybridized carbons (Fsp3) is 0.400. The number of carbonyl (C=O) groups excluding carboxylic acids is 2. The second-order valence-electron chi connectivity index (χ2n) is 4.70. The van der Waals surface area contributed by atoms with Crippen LogP contribution in [0.5, 0.6) is 5.75 Å². The van der Waals surface area contributed by atoms with Crippen molar-refractivity contribution < 1.29 is 33.0 Å². The summed E-state index contributed by atoms with van der Waals surface area (Å²) in [4.78, 5) is 34.4. The first-order chi connectivity index (χ1) is 11.3. The molecular weight excluding hydrogens is 326 g/mol. The summed E-state index contributed by atoms with van der Waals surface area (Å²) in [7, 11) is 0. The molecule has 1 unspecified atom stereocenters. The molecule has 1 atom stereocenters. The zero-order valence-electron chi connectivity index (χ0n) is 12.9. The summed E-state index contributed by atoms with van der Waals surface area (Å²) in [5.74, 6) is -2.73. The number of ether oxygens (including phenoxy) is 1. The van der Waals surface area contributed by atoms with Crippen molar-refractivity contribution >= 4 is 17.8 Å². The van der Waals surface area contributed by atoms with E-state index >= 15 is 0 Å². The molecule has 24 heavy (non-hydrogen) atoms. The molecule has 0 aliphatic rings. The van der Waals surface area contributed by atoms with Crippen LogP contribution in [0, 0.1) is 0 Å². The third-order valence-electron chi connectivity index (χ3n) is 2.89. The third kappa shape index (κ3) is 6.19. The standard InChI is InChI=1S/C15H18F2N2O5/c1-2-24-11-6-4-3-5-9(11)14(21)18-8-13(20)19-10(15(22)23)7-12(16)17/h3-6,10,12H,2,7-8H2,1H3,(H,18,21)(H,19,20)(H,22,23). The van der Waals surface area contributed by atoms with Gasteiger partial charge in [0.15, 0.2) is 0 Å². The predicted molar refractivity (Wildman–Crippen MR) is 80.1 cm³/mol. The summed E-state index contributed by atoms with van der Waals surface area (Å²) >= 11 is 0. The number of carboxylic acids is 1. The number of aliphatic carboxylic acids is 1. The molecule has 132 valence electrons. The molecule has 1 aromatic rings. The van der Waals surface area contributed by atoms with E-state index in [-0.39, 0.29) is 5.56 Å². The molecule has 0 aliphatic heterocycles. The maximum Gasteiger partial charge on any atom is 0.326 e.